The number of anilines is 3. The number of carbonyl (C=O) groups is 1. The van der Waals surface area contributed by atoms with E-state index in [1.54, 1.807) is 42.5 Å². The molecule has 0 aliphatic heterocycles. The van der Waals surface area contributed by atoms with Crippen molar-refractivity contribution < 1.29 is 4.79 Å². The summed E-state index contributed by atoms with van der Waals surface area (Å²) in [5.74, 6) is -0.272. The number of nitrogens with one attached hydrogen (secondary N) is 2. The van der Waals surface area contributed by atoms with E-state index in [-0.39, 0.29) is 11.6 Å². The second kappa shape index (κ2) is 7.83. The van der Waals surface area contributed by atoms with E-state index in [9.17, 15) is 4.79 Å². The molecule has 0 aliphatic rings. The molecule has 0 atom stereocenters. The van der Waals surface area contributed by atoms with Crippen molar-refractivity contribution in [1.29, 1.82) is 5.26 Å². The molecule has 8 heteroatoms. The van der Waals surface area contributed by atoms with Crippen LogP contribution in [-0.2, 0) is 0 Å². The normalized spacial score (nSPS) is 10.0. The quantitative estimate of drug-likeness (QED) is 0.683. The third kappa shape index (κ3) is 4.09. The van der Waals surface area contributed by atoms with Crippen molar-refractivity contribution in [2.45, 2.75) is 0 Å². The molecule has 0 spiro atoms. The average Bonchev–Trinajstić information content (AvgIpc) is 2.65. The highest BCUT2D eigenvalue weighted by Crippen LogP contribution is 2.26. The largest absolute Gasteiger partial charge is 0.323 e. The minimum atomic E-state index is -0.465. The maximum absolute atomic E-state index is 12.4. The average molecular weight is 384 g/mol. The van der Waals surface area contributed by atoms with Crippen LogP contribution >= 0.6 is 23.2 Å². The van der Waals surface area contributed by atoms with E-state index >= 15 is 0 Å². The van der Waals surface area contributed by atoms with Gasteiger partial charge in [0.15, 0.2) is 0 Å². The van der Waals surface area contributed by atoms with Gasteiger partial charge >= 0.3 is 0 Å². The number of rotatable bonds is 4. The highest BCUT2D eigenvalue weighted by atomic mass is 35.5. The fraction of sp³-hybridized carbons (Fsp3) is 0. The van der Waals surface area contributed by atoms with E-state index in [0.717, 1.165) is 0 Å². The molecule has 0 fully saturated rings. The van der Waals surface area contributed by atoms with Crippen LogP contribution < -0.4 is 10.6 Å². The van der Waals surface area contributed by atoms with Gasteiger partial charge in [-0.15, -0.1) is 0 Å². The van der Waals surface area contributed by atoms with Gasteiger partial charge in [-0.3, -0.25) is 4.79 Å². The monoisotopic (exact) mass is 383 g/mol. The first kappa shape index (κ1) is 17.7. The lowest BCUT2D eigenvalue weighted by Crippen LogP contribution is -2.15. The van der Waals surface area contributed by atoms with Gasteiger partial charge in [0.2, 0.25) is 5.95 Å². The van der Waals surface area contributed by atoms with Crippen LogP contribution in [0.25, 0.3) is 0 Å². The summed E-state index contributed by atoms with van der Waals surface area (Å²) in [7, 11) is 0. The topological polar surface area (TPSA) is 90.7 Å². The Hall–Kier alpha value is -3.14. The third-order valence-electron chi connectivity index (χ3n) is 3.36. The lowest BCUT2D eigenvalue weighted by atomic mass is 10.2. The summed E-state index contributed by atoms with van der Waals surface area (Å²) < 4.78 is 0. The second-order valence-electron chi connectivity index (χ2n) is 5.13. The van der Waals surface area contributed by atoms with Crippen molar-refractivity contribution in [3.63, 3.8) is 0 Å². The molecular formula is C18H11Cl2N5O. The van der Waals surface area contributed by atoms with Gasteiger partial charge in [0, 0.05) is 11.2 Å². The molecule has 0 bridgehead atoms. The Labute approximate surface area is 159 Å². The first-order valence-corrected chi connectivity index (χ1v) is 8.18. The van der Waals surface area contributed by atoms with Gasteiger partial charge < -0.3 is 10.6 Å². The molecule has 1 heterocycles. The maximum Gasteiger partial charge on any atom is 0.274 e. The van der Waals surface area contributed by atoms with E-state index in [2.05, 4.69) is 26.7 Å². The molecule has 3 aromatic rings. The number of amides is 1. The van der Waals surface area contributed by atoms with E-state index in [1.165, 1.54) is 12.3 Å². The smallest absolute Gasteiger partial charge is 0.274 e. The summed E-state index contributed by atoms with van der Waals surface area (Å²) in [5.41, 5.74) is 1.50. The van der Waals surface area contributed by atoms with Crippen LogP contribution in [0.4, 0.5) is 17.3 Å². The number of halogens is 2. The van der Waals surface area contributed by atoms with Gasteiger partial charge in [0.1, 0.15) is 11.8 Å². The second-order valence-corrected chi connectivity index (χ2v) is 5.97. The molecule has 0 aliphatic carbocycles. The number of carbonyl (C=O) groups excluding carboxylic acids is 1. The molecule has 3 rings (SSSR count). The Balaban J connectivity index is 1.82. The molecule has 0 radical (unpaired) electrons. The third-order valence-corrected chi connectivity index (χ3v) is 3.92. The number of para-hydroxylation sites is 1. The minimum Gasteiger partial charge on any atom is -0.323 e. The molecule has 26 heavy (non-hydrogen) atoms. The molecule has 6 nitrogen and oxygen atoms in total. The zero-order valence-electron chi connectivity index (χ0n) is 13.2. The molecular weight excluding hydrogens is 373 g/mol. The number of aromatic nitrogens is 2. The first-order chi connectivity index (χ1) is 12.6. The minimum absolute atomic E-state index is 0.132. The lowest BCUT2D eigenvalue weighted by Gasteiger charge is -2.09. The fourth-order valence-corrected chi connectivity index (χ4v) is 2.47. The number of nitrogens with zero attached hydrogens (tertiary/aromatic N) is 3. The van der Waals surface area contributed by atoms with Crippen molar-refractivity contribution in [3.8, 4) is 6.07 Å². The number of hydrogen-bond donors (Lipinski definition) is 2. The van der Waals surface area contributed by atoms with E-state index in [1.807, 2.05) is 0 Å². The lowest BCUT2D eigenvalue weighted by molar-refractivity contribution is 0.102. The maximum atomic E-state index is 12.4. The molecule has 128 valence electrons. The Morgan fingerprint density at radius 2 is 1.88 bits per heavy atom. The SMILES string of the molecule is N#Cc1ccccc1Nc1nccc(C(=O)Nc2cc(Cl)ccc2Cl)n1. The number of nitriles is 1. The fourth-order valence-electron chi connectivity index (χ4n) is 2.14. The van der Waals surface area contributed by atoms with Crippen LogP contribution in [0.5, 0.6) is 0 Å². The van der Waals surface area contributed by atoms with Gasteiger partial charge in [-0.25, -0.2) is 9.97 Å². The Morgan fingerprint density at radius 1 is 1.08 bits per heavy atom. The molecule has 1 amide bonds. The zero-order chi connectivity index (χ0) is 18.5. The molecule has 0 saturated carbocycles. The van der Waals surface area contributed by atoms with Crippen molar-refractivity contribution in [2.75, 3.05) is 10.6 Å². The van der Waals surface area contributed by atoms with Crippen LogP contribution in [0, 0.1) is 11.3 Å². The Kier molecular flexibility index (Phi) is 5.32. The summed E-state index contributed by atoms with van der Waals surface area (Å²) in [6, 6.07) is 15.2. The predicted molar refractivity (Wildman–Crippen MR) is 101 cm³/mol. The first-order valence-electron chi connectivity index (χ1n) is 7.42. The summed E-state index contributed by atoms with van der Waals surface area (Å²) in [4.78, 5) is 20.7. The van der Waals surface area contributed by atoms with Crippen molar-refractivity contribution >= 4 is 46.4 Å². The Morgan fingerprint density at radius 3 is 2.69 bits per heavy atom. The summed E-state index contributed by atoms with van der Waals surface area (Å²) in [6.45, 7) is 0. The van der Waals surface area contributed by atoms with Crippen LogP contribution in [0.1, 0.15) is 16.1 Å². The van der Waals surface area contributed by atoms with Crippen LogP contribution in [0.2, 0.25) is 10.0 Å². The molecule has 2 N–H and O–H groups in total. The highest BCUT2D eigenvalue weighted by molar-refractivity contribution is 6.35. The zero-order valence-corrected chi connectivity index (χ0v) is 14.7. The van der Waals surface area contributed by atoms with Gasteiger partial charge in [-0.2, -0.15) is 5.26 Å². The summed E-state index contributed by atoms with van der Waals surface area (Å²) in [5, 5.41) is 15.5. The molecule has 0 unspecified atom stereocenters. The van der Waals surface area contributed by atoms with Gasteiger partial charge in [0.05, 0.1) is 22.0 Å². The van der Waals surface area contributed by atoms with Gasteiger partial charge in [0.25, 0.3) is 5.91 Å². The van der Waals surface area contributed by atoms with Crippen molar-refractivity contribution in [1.82, 2.24) is 9.97 Å². The molecule has 0 saturated heterocycles. The predicted octanol–water partition coefficient (Wildman–Crippen LogP) is 4.65. The molecule has 1 aromatic heterocycles. The van der Waals surface area contributed by atoms with Crippen LogP contribution in [-0.4, -0.2) is 15.9 Å². The molecule has 2 aromatic carbocycles. The van der Waals surface area contributed by atoms with Crippen molar-refractivity contribution in [3.05, 3.63) is 76.0 Å². The summed E-state index contributed by atoms with van der Waals surface area (Å²) in [6.07, 6.45) is 1.44. The Bertz CT molecular complexity index is 1020. The summed E-state index contributed by atoms with van der Waals surface area (Å²) >= 11 is 12.0. The van der Waals surface area contributed by atoms with Gasteiger partial charge in [-0.05, 0) is 36.4 Å². The highest BCUT2D eigenvalue weighted by Gasteiger charge is 2.12. The van der Waals surface area contributed by atoms with E-state index in [0.29, 0.717) is 27.0 Å². The van der Waals surface area contributed by atoms with Gasteiger partial charge in [-0.1, -0.05) is 35.3 Å². The van der Waals surface area contributed by atoms with E-state index in [4.69, 9.17) is 28.5 Å². The number of hydrogen-bond acceptors (Lipinski definition) is 5. The van der Waals surface area contributed by atoms with Crippen LogP contribution in [0.15, 0.2) is 54.7 Å². The number of benzene rings is 2. The van der Waals surface area contributed by atoms with Crippen LogP contribution in [0.3, 0.4) is 0 Å². The standard InChI is InChI=1S/C18H11Cl2N5O/c19-12-5-6-13(20)16(9-12)23-17(26)15-7-8-22-18(25-15)24-14-4-2-1-3-11(14)10-21/h1-9H,(H,23,26)(H,22,24,25). The van der Waals surface area contributed by atoms with E-state index < -0.39 is 5.91 Å². The van der Waals surface area contributed by atoms with Crippen molar-refractivity contribution in [2.24, 2.45) is 0 Å².